The lowest BCUT2D eigenvalue weighted by atomic mass is 10.0. The number of benzene rings is 1. The van der Waals surface area contributed by atoms with E-state index in [4.69, 9.17) is 0 Å². The van der Waals surface area contributed by atoms with Gasteiger partial charge >= 0.3 is 0 Å². The molecule has 1 amide bonds. The molecule has 2 nitrogen and oxygen atoms in total. The van der Waals surface area contributed by atoms with Crippen LogP contribution in [0.15, 0.2) is 36.4 Å². The molecule has 0 saturated carbocycles. The van der Waals surface area contributed by atoms with Crippen LogP contribution in [0, 0.1) is 0 Å². The van der Waals surface area contributed by atoms with Crippen LogP contribution in [-0.2, 0) is 4.79 Å². The normalized spacial score (nSPS) is 11.7. The van der Waals surface area contributed by atoms with Crippen LogP contribution in [0.2, 0.25) is 0 Å². The molecule has 1 aromatic carbocycles. The lowest BCUT2D eigenvalue weighted by Crippen LogP contribution is -2.41. The third-order valence-electron chi connectivity index (χ3n) is 2.57. The Labute approximate surface area is 97.4 Å². The third kappa shape index (κ3) is 4.30. The molecule has 0 saturated heterocycles. The second kappa shape index (κ2) is 5.50. The minimum atomic E-state index is -0.141. The van der Waals surface area contributed by atoms with Crippen LogP contribution < -0.4 is 5.32 Å². The van der Waals surface area contributed by atoms with E-state index >= 15 is 0 Å². The zero-order valence-electron chi connectivity index (χ0n) is 10.2. The van der Waals surface area contributed by atoms with Crippen molar-refractivity contribution >= 4 is 12.0 Å². The number of carbonyl (C=O) groups excluding carboxylic acids is 1. The Bertz CT molecular complexity index is 366. The molecule has 0 aromatic heterocycles. The minimum Gasteiger partial charge on any atom is -0.348 e. The molecule has 0 fully saturated rings. The summed E-state index contributed by atoms with van der Waals surface area (Å²) in [6, 6.07) is 9.79. The number of nitrogens with one attached hydrogen (secondary N) is 1. The van der Waals surface area contributed by atoms with Gasteiger partial charge in [0.05, 0.1) is 0 Å². The van der Waals surface area contributed by atoms with Crippen molar-refractivity contribution < 1.29 is 4.79 Å². The first-order valence-electron chi connectivity index (χ1n) is 5.59. The van der Waals surface area contributed by atoms with Crippen molar-refractivity contribution in [2.45, 2.75) is 32.7 Å². The zero-order chi connectivity index (χ0) is 12.0. The van der Waals surface area contributed by atoms with Crippen molar-refractivity contribution in [1.29, 1.82) is 0 Å². The van der Waals surface area contributed by atoms with Gasteiger partial charge in [0.15, 0.2) is 0 Å². The lowest BCUT2D eigenvalue weighted by Gasteiger charge is -2.23. The summed E-state index contributed by atoms with van der Waals surface area (Å²) in [6.45, 7) is 6.09. The van der Waals surface area contributed by atoms with Crippen molar-refractivity contribution in [2.24, 2.45) is 0 Å². The first kappa shape index (κ1) is 12.5. The van der Waals surface area contributed by atoms with Gasteiger partial charge in [-0.25, -0.2) is 0 Å². The smallest absolute Gasteiger partial charge is 0.244 e. The Morgan fingerprint density at radius 2 is 1.94 bits per heavy atom. The van der Waals surface area contributed by atoms with Crippen molar-refractivity contribution in [3.63, 3.8) is 0 Å². The Balaban J connectivity index is 2.56. The fourth-order valence-electron chi connectivity index (χ4n) is 1.20. The van der Waals surface area contributed by atoms with Crippen molar-refractivity contribution in [1.82, 2.24) is 5.32 Å². The van der Waals surface area contributed by atoms with E-state index in [1.165, 1.54) is 0 Å². The second-order valence-electron chi connectivity index (χ2n) is 4.47. The topological polar surface area (TPSA) is 29.1 Å². The Morgan fingerprint density at radius 1 is 1.31 bits per heavy atom. The maximum atomic E-state index is 11.6. The van der Waals surface area contributed by atoms with Crippen molar-refractivity contribution in [2.75, 3.05) is 0 Å². The maximum absolute atomic E-state index is 11.6. The first-order chi connectivity index (χ1) is 7.53. The molecule has 1 rings (SSSR count). The highest BCUT2D eigenvalue weighted by Crippen LogP contribution is 2.07. The van der Waals surface area contributed by atoms with Crippen LogP contribution in [0.4, 0.5) is 0 Å². The van der Waals surface area contributed by atoms with E-state index in [1.54, 1.807) is 6.08 Å². The van der Waals surface area contributed by atoms with E-state index in [1.807, 2.05) is 50.3 Å². The first-order valence-corrected chi connectivity index (χ1v) is 5.59. The number of amides is 1. The molecule has 0 atom stereocenters. The molecule has 0 aliphatic heterocycles. The van der Waals surface area contributed by atoms with Gasteiger partial charge in [0, 0.05) is 11.6 Å². The van der Waals surface area contributed by atoms with E-state index in [0.29, 0.717) is 0 Å². The average molecular weight is 217 g/mol. The predicted molar refractivity (Wildman–Crippen MR) is 68.0 cm³/mol. The fourth-order valence-corrected chi connectivity index (χ4v) is 1.20. The number of hydrogen-bond donors (Lipinski definition) is 1. The molecule has 0 radical (unpaired) electrons. The van der Waals surface area contributed by atoms with Crippen LogP contribution in [0.3, 0.4) is 0 Å². The Morgan fingerprint density at radius 3 is 2.50 bits per heavy atom. The second-order valence-corrected chi connectivity index (χ2v) is 4.47. The molecular formula is C14H19NO. The number of carbonyl (C=O) groups is 1. The van der Waals surface area contributed by atoms with Crippen LogP contribution in [0.1, 0.15) is 32.8 Å². The molecule has 0 heterocycles. The third-order valence-corrected chi connectivity index (χ3v) is 2.57. The molecule has 0 aliphatic carbocycles. The summed E-state index contributed by atoms with van der Waals surface area (Å²) in [5.41, 5.74) is 0.893. The van der Waals surface area contributed by atoms with E-state index < -0.39 is 0 Å². The maximum Gasteiger partial charge on any atom is 0.244 e. The van der Waals surface area contributed by atoms with Crippen LogP contribution in [0.25, 0.3) is 6.08 Å². The van der Waals surface area contributed by atoms with Gasteiger partial charge in [-0.15, -0.1) is 0 Å². The molecule has 1 N–H and O–H groups in total. The molecule has 0 spiro atoms. The van der Waals surface area contributed by atoms with E-state index in [-0.39, 0.29) is 11.4 Å². The van der Waals surface area contributed by atoms with Gasteiger partial charge in [0.25, 0.3) is 0 Å². The van der Waals surface area contributed by atoms with Crippen LogP contribution in [-0.4, -0.2) is 11.4 Å². The van der Waals surface area contributed by atoms with E-state index in [9.17, 15) is 4.79 Å². The summed E-state index contributed by atoms with van der Waals surface area (Å²) >= 11 is 0. The highest BCUT2D eigenvalue weighted by atomic mass is 16.1. The molecule has 2 heteroatoms. The van der Waals surface area contributed by atoms with Gasteiger partial charge in [-0.3, -0.25) is 4.79 Å². The summed E-state index contributed by atoms with van der Waals surface area (Å²) in [5, 5.41) is 2.95. The Kier molecular flexibility index (Phi) is 4.29. The zero-order valence-corrected chi connectivity index (χ0v) is 10.2. The van der Waals surface area contributed by atoms with E-state index in [0.717, 1.165) is 12.0 Å². The highest BCUT2D eigenvalue weighted by molar-refractivity contribution is 5.92. The summed E-state index contributed by atoms with van der Waals surface area (Å²) in [6.07, 6.45) is 4.31. The molecule has 0 bridgehead atoms. The van der Waals surface area contributed by atoms with Crippen molar-refractivity contribution in [3.05, 3.63) is 42.0 Å². The van der Waals surface area contributed by atoms with Gasteiger partial charge in [-0.1, -0.05) is 37.3 Å². The summed E-state index contributed by atoms with van der Waals surface area (Å²) < 4.78 is 0. The monoisotopic (exact) mass is 217 g/mol. The molecule has 0 aliphatic rings. The number of hydrogen-bond acceptors (Lipinski definition) is 1. The highest BCUT2D eigenvalue weighted by Gasteiger charge is 2.15. The molecule has 16 heavy (non-hydrogen) atoms. The minimum absolute atomic E-state index is 0.0456. The van der Waals surface area contributed by atoms with Gasteiger partial charge < -0.3 is 5.32 Å². The molecule has 86 valence electrons. The quantitative estimate of drug-likeness (QED) is 0.772. The van der Waals surface area contributed by atoms with Gasteiger partial charge in [0.1, 0.15) is 0 Å². The summed E-state index contributed by atoms with van der Waals surface area (Å²) in [4.78, 5) is 11.6. The number of rotatable bonds is 4. The van der Waals surface area contributed by atoms with Crippen LogP contribution in [0.5, 0.6) is 0 Å². The molecule has 0 unspecified atom stereocenters. The fraction of sp³-hybridized carbons (Fsp3) is 0.357. The van der Waals surface area contributed by atoms with Gasteiger partial charge in [-0.05, 0) is 31.9 Å². The standard InChI is InChI=1S/C14H19NO/c1-4-14(2,3)15-13(16)11-10-12-8-6-5-7-9-12/h5-11H,4H2,1-3H3,(H,15,16). The Hall–Kier alpha value is -1.57. The molecule has 1 aromatic rings. The molecular weight excluding hydrogens is 198 g/mol. The summed E-state index contributed by atoms with van der Waals surface area (Å²) in [5.74, 6) is -0.0456. The lowest BCUT2D eigenvalue weighted by molar-refractivity contribution is -0.117. The predicted octanol–water partition coefficient (Wildman–Crippen LogP) is 3.00. The van der Waals surface area contributed by atoms with Gasteiger partial charge in [0.2, 0.25) is 5.91 Å². The largest absolute Gasteiger partial charge is 0.348 e. The van der Waals surface area contributed by atoms with E-state index in [2.05, 4.69) is 12.2 Å². The van der Waals surface area contributed by atoms with Gasteiger partial charge in [-0.2, -0.15) is 0 Å². The van der Waals surface area contributed by atoms with Crippen molar-refractivity contribution in [3.8, 4) is 0 Å². The summed E-state index contributed by atoms with van der Waals surface area (Å²) in [7, 11) is 0. The average Bonchev–Trinajstić information content (AvgIpc) is 2.27. The SMILES string of the molecule is CCC(C)(C)NC(=O)C=Cc1ccccc1. The van der Waals surface area contributed by atoms with Crippen LogP contribution >= 0.6 is 0 Å².